The molecule has 3 aromatic rings. The van der Waals surface area contributed by atoms with Crippen LogP contribution in [0.1, 0.15) is 12.5 Å². The minimum atomic E-state index is -0.475. The van der Waals surface area contributed by atoms with Gasteiger partial charge < -0.3 is 10.2 Å². The van der Waals surface area contributed by atoms with Crippen LogP contribution in [0.25, 0.3) is 10.9 Å². The monoisotopic (exact) mass is 380 g/mol. The van der Waals surface area contributed by atoms with E-state index in [2.05, 4.69) is 5.32 Å². The summed E-state index contributed by atoms with van der Waals surface area (Å²) in [5, 5.41) is 3.27. The molecule has 0 aliphatic rings. The molecule has 7 nitrogen and oxygen atoms in total. The molecule has 3 rings (SSSR count). The number of rotatable bonds is 6. The van der Waals surface area contributed by atoms with Gasteiger partial charge in [0.25, 0.3) is 5.56 Å². The van der Waals surface area contributed by atoms with Crippen LogP contribution in [0.15, 0.2) is 58.1 Å². The van der Waals surface area contributed by atoms with Crippen molar-refractivity contribution in [3.05, 3.63) is 74.9 Å². The number of para-hydroxylation sites is 1. The third-order valence-electron chi connectivity index (χ3n) is 4.69. The Morgan fingerprint density at radius 1 is 1.00 bits per heavy atom. The molecule has 0 aliphatic heterocycles. The third-order valence-corrected chi connectivity index (χ3v) is 4.69. The Balaban J connectivity index is 1.81. The molecule has 0 saturated carbocycles. The zero-order valence-corrected chi connectivity index (χ0v) is 16.3. The van der Waals surface area contributed by atoms with Crippen LogP contribution < -0.4 is 21.5 Å². The van der Waals surface area contributed by atoms with Crippen molar-refractivity contribution in [3.63, 3.8) is 0 Å². The maximum atomic E-state index is 12.7. The SMILES string of the molecule is CCn1c(=O)c2ccccc2n(CC(=O)NCc2ccc(N(C)C)cc2)c1=O. The molecule has 1 N–H and O–H groups in total. The van der Waals surface area contributed by atoms with E-state index < -0.39 is 5.69 Å². The second-order valence-corrected chi connectivity index (χ2v) is 6.77. The fourth-order valence-electron chi connectivity index (χ4n) is 3.11. The lowest BCUT2D eigenvalue weighted by molar-refractivity contribution is -0.121. The Labute approximate surface area is 162 Å². The highest BCUT2D eigenvalue weighted by Crippen LogP contribution is 2.12. The van der Waals surface area contributed by atoms with Crippen molar-refractivity contribution in [2.45, 2.75) is 26.6 Å². The van der Waals surface area contributed by atoms with Crippen LogP contribution in [0.2, 0.25) is 0 Å². The summed E-state index contributed by atoms with van der Waals surface area (Å²) >= 11 is 0. The fourth-order valence-corrected chi connectivity index (χ4v) is 3.11. The summed E-state index contributed by atoms with van der Waals surface area (Å²) in [7, 11) is 3.93. The number of nitrogens with one attached hydrogen (secondary N) is 1. The molecule has 0 unspecified atom stereocenters. The first-order chi connectivity index (χ1) is 13.4. The quantitative estimate of drug-likeness (QED) is 0.704. The number of hydrogen-bond donors (Lipinski definition) is 1. The van der Waals surface area contributed by atoms with Crippen molar-refractivity contribution >= 4 is 22.5 Å². The Kier molecular flexibility index (Phi) is 5.63. The number of carbonyl (C=O) groups excluding carboxylic acids is 1. The van der Waals surface area contributed by atoms with E-state index in [1.54, 1.807) is 31.2 Å². The first-order valence-electron chi connectivity index (χ1n) is 9.17. The lowest BCUT2D eigenvalue weighted by atomic mass is 10.2. The first-order valence-corrected chi connectivity index (χ1v) is 9.17. The van der Waals surface area contributed by atoms with Crippen LogP contribution >= 0.6 is 0 Å². The van der Waals surface area contributed by atoms with Crippen molar-refractivity contribution < 1.29 is 4.79 Å². The topological polar surface area (TPSA) is 76.3 Å². The number of anilines is 1. The lowest BCUT2D eigenvalue weighted by Crippen LogP contribution is -2.42. The van der Waals surface area contributed by atoms with Gasteiger partial charge in [0.15, 0.2) is 0 Å². The van der Waals surface area contributed by atoms with Gasteiger partial charge in [-0.2, -0.15) is 0 Å². The van der Waals surface area contributed by atoms with Gasteiger partial charge >= 0.3 is 5.69 Å². The number of amides is 1. The van der Waals surface area contributed by atoms with E-state index in [1.165, 1.54) is 4.57 Å². The molecule has 0 bridgehead atoms. The van der Waals surface area contributed by atoms with E-state index in [0.717, 1.165) is 15.8 Å². The highest BCUT2D eigenvalue weighted by molar-refractivity contribution is 5.81. The van der Waals surface area contributed by atoms with Gasteiger partial charge in [0.05, 0.1) is 10.9 Å². The fraction of sp³-hybridized carbons (Fsp3) is 0.286. The summed E-state index contributed by atoms with van der Waals surface area (Å²) in [4.78, 5) is 39.6. The zero-order valence-electron chi connectivity index (χ0n) is 16.3. The standard InChI is InChI=1S/C21H24N4O3/c1-4-24-20(27)17-7-5-6-8-18(17)25(21(24)28)14-19(26)22-13-15-9-11-16(12-10-15)23(2)3/h5-12H,4,13-14H2,1-3H3,(H,22,26). The van der Waals surface area contributed by atoms with Gasteiger partial charge in [0.1, 0.15) is 6.54 Å². The Morgan fingerprint density at radius 2 is 1.68 bits per heavy atom. The van der Waals surface area contributed by atoms with Gasteiger partial charge in [-0.25, -0.2) is 4.79 Å². The van der Waals surface area contributed by atoms with Crippen molar-refractivity contribution in [1.29, 1.82) is 0 Å². The van der Waals surface area contributed by atoms with Gasteiger partial charge in [-0.1, -0.05) is 24.3 Å². The molecule has 0 saturated heterocycles. The van der Waals surface area contributed by atoms with Crippen molar-refractivity contribution in [2.24, 2.45) is 0 Å². The predicted molar refractivity (Wildman–Crippen MR) is 111 cm³/mol. The summed E-state index contributed by atoms with van der Waals surface area (Å²) in [6.45, 7) is 2.21. The summed E-state index contributed by atoms with van der Waals surface area (Å²) in [6.07, 6.45) is 0. The maximum Gasteiger partial charge on any atom is 0.331 e. The molecular formula is C21H24N4O3. The molecule has 0 radical (unpaired) electrons. The number of benzene rings is 2. The zero-order chi connectivity index (χ0) is 20.3. The lowest BCUT2D eigenvalue weighted by Gasteiger charge is -2.14. The molecule has 1 aromatic heterocycles. The van der Waals surface area contributed by atoms with Crippen LogP contribution in [-0.2, 0) is 24.4 Å². The molecule has 0 fully saturated rings. The van der Waals surface area contributed by atoms with Crippen molar-refractivity contribution in [2.75, 3.05) is 19.0 Å². The van der Waals surface area contributed by atoms with E-state index in [9.17, 15) is 14.4 Å². The molecular weight excluding hydrogens is 356 g/mol. The molecule has 0 spiro atoms. The molecule has 1 amide bonds. The largest absolute Gasteiger partial charge is 0.378 e. The minimum absolute atomic E-state index is 0.143. The van der Waals surface area contributed by atoms with Crippen LogP contribution in [-0.4, -0.2) is 29.1 Å². The van der Waals surface area contributed by atoms with E-state index in [-0.39, 0.29) is 24.6 Å². The van der Waals surface area contributed by atoms with Gasteiger partial charge in [-0.15, -0.1) is 0 Å². The molecule has 0 atom stereocenters. The first kappa shape index (κ1) is 19.4. The average molecular weight is 380 g/mol. The molecule has 1 heterocycles. The second kappa shape index (κ2) is 8.12. The van der Waals surface area contributed by atoms with E-state index in [4.69, 9.17) is 0 Å². The Hall–Kier alpha value is -3.35. The van der Waals surface area contributed by atoms with Crippen LogP contribution in [0, 0.1) is 0 Å². The third kappa shape index (κ3) is 3.83. The van der Waals surface area contributed by atoms with E-state index >= 15 is 0 Å². The van der Waals surface area contributed by atoms with Crippen LogP contribution in [0.3, 0.4) is 0 Å². The normalized spacial score (nSPS) is 10.8. The van der Waals surface area contributed by atoms with Crippen molar-refractivity contribution in [3.8, 4) is 0 Å². The number of carbonyl (C=O) groups is 1. The van der Waals surface area contributed by atoms with Gasteiger partial charge in [-0.3, -0.25) is 18.7 Å². The van der Waals surface area contributed by atoms with Gasteiger partial charge in [-0.05, 0) is 36.8 Å². The molecule has 2 aromatic carbocycles. The van der Waals surface area contributed by atoms with Gasteiger partial charge in [0, 0.05) is 32.9 Å². The molecule has 7 heteroatoms. The van der Waals surface area contributed by atoms with Gasteiger partial charge in [0.2, 0.25) is 5.91 Å². The number of hydrogen-bond acceptors (Lipinski definition) is 4. The highest BCUT2D eigenvalue weighted by atomic mass is 16.2. The van der Waals surface area contributed by atoms with Crippen LogP contribution in [0.4, 0.5) is 5.69 Å². The second-order valence-electron chi connectivity index (χ2n) is 6.77. The molecule has 28 heavy (non-hydrogen) atoms. The summed E-state index contributed by atoms with van der Waals surface area (Å²) in [5.74, 6) is -0.287. The smallest absolute Gasteiger partial charge is 0.331 e. The summed E-state index contributed by atoms with van der Waals surface area (Å²) < 4.78 is 2.50. The Morgan fingerprint density at radius 3 is 2.32 bits per heavy atom. The maximum absolute atomic E-state index is 12.7. The highest BCUT2D eigenvalue weighted by Gasteiger charge is 2.14. The van der Waals surface area contributed by atoms with E-state index in [0.29, 0.717) is 17.4 Å². The molecule has 146 valence electrons. The van der Waals surface area contributed by atoms with Crippen LogP contribution in [0.5, 0.6) is 0 Å². The number of nitrogens with zero attached hydrogens (tertiary/aromatic N) is 3. The number of aromatic nitrogens is 2. The minimum Gasteiger partial charge on any atom is -0.378 e. The van der Waals surface area contributed by atoms with Crippen molar-refractivity contribution in [1.82, 2.24) is 14.5 Å². The predicted octanol–water partition coefficient (Wildman–Crippen LogP) is 1.57. The summed E-state index contributed by atoms with van der Waals surface area (Å²) in [5.41, 5.74) is 1.70. The molecule has 0 aliphatic carbocycles. The van der Waals surface area contributed by atoms with E-state index in [1.807, 2.05) is 43.3 Å². The number of fused-ring (bicyclic) bond motifs is 1. The summed E-state index contributed by atoms with van der Waals surface area (Å²) in [6, 6.07) is 14.7. The Bertz CT molecular complexity index is 1110. The average Bonchev–Trinajstić information content (AvgIpc) is 2.70.